The van der Waals surface area contributed by atoms with Crippen LogP contribution in [0.2, 0.25) is 0 Å². The number of aromatic nitrogens is 3. The molecule has 0 bridgehead atoms. The molecular weight excluding hydrogens is 433 g/mol. The van der Waals surface area contributed by atoms with Gasteiger partial charge in [-0.15, -0.1) is 24.0 Å². The topological polar surface area (TPSA) is 76.4 Å². The number of halogens is 3. The second-order valence-electron chi connectivity index (χ2n) is 4.57. The van der Waals surface area contributed by atoms with Gasteiger partial charge in [-0.05, 0) is 6.07 Å². The molecule has 0 radical (unpaired) electrons. The second kappa shape index (κ2) is 10.0. The Hall–Kier alpha value is -1.98. The van der Waals surface area contributed by atoms with E-state index in [0.29, 0.717) is 24.6 Å². The van der Waals surface area contributed by atoms with Crippen molar-refractivity contribution in [3.8, 4) is 5.75 Å². The highest BCUT2D eigenvalue weighted by Gasteiger charge is 2.09. The van der Waals surface area contributed by atoms with E-state index in [-0.39, 0.29) is 29.7 Å². The number of nitrogens with zero attached hydrogens (tertiary/aromatic N) is 4. The maximum absolute atomic E-state index is 12.4. The molecule has 132 valence electrons. The maximum Gasteiger partial charge on any atom is 0.387 e. The summed E-state index contributed by atoms with van der Waals surface area (Å²) in [5.74, 6) is 1.40. The van der Waals surface area contributed by atoms with Gasteiger partial charge in [-0.2, -0.15) is 13.9 Å². The van der Waals surface area contributed by atoms with Crippen LogP contribution in [0, 0.1) is 0 Å². The molecule has 0 saturated heterocycles. The van der Waals surface area contributed by atoms with Crippen molar-refractivity contribution in [2.24, 2.45) is 12.0 Å². The highest BCUT2D eigenvalue weighted by atomic mass is 127. The largest absolute Gasteiger partial charge is 0.434 e. The van der Waals surface area contributed by atoms with Gasteiger partial charge in [-0.1, -0.05) is 18.2 Å². The molecule has 10 heteroatoms. The van der Waals surface area contributed by atoms with E-state index in [0.717, 1.165) is 5.82 Å². The van der Waals surface area contributed by atoms with Gasteiger partial charge in [0.2, 0.25) is 0 Å². The number of ether oxygens (including phenoxy) is 1. The summed E-state index contributed by atoms with van der Waals surface area (Å²) in [4.78, 5) is 8.16. The van der Waals surface area contributed by atoms with E-state index in [1.54, 1.807) is 37.0 Å². The fraction of sp³-hybridized carbons (Fsp3) is 0.357. The van der Waals surface area contributed by atoms with E-state index in [9.17, 15) is 8.78 Å². The van der Waals surface area contributed by atoms with Gasteiger partial charge in [0.25, 0.3) is 0 Å². The van der Waals surface area contributed by atoms with Crippen LogP contribution in [-0.2, 0) is 20.1 Å². The Kier molecular flexibility index (Phi) is 8.36. The summed E-state index contributed by atoms with van der Waals surface area (Å²) in [5.41, 5.74) is 0.606. The first-order valence-corrected chi connectivity index (χ1v) is 6.90. The summed E-state index contributed by atoms with van der Waals surface area (Å²) < 4.78 is 30.9. The molecule has 0 fully saturated rings. The Balaban J connectivity index is 0.00000288. The number of aliphatic imine (C=N–C) groups is 1. The predicted molar refractivity (Wildman–Crippen MR) is 96.5 cm³/mol. The third kappa shape index (κ3) is 5.91. The Labute approximate surface area is 155 Å². The molecular formula is C14H19F2IN6O. The molecule has 0 atom stereocenters. The van der Waals surface area contributed by atoms with Gasteiger partial charge in [0.1, 0.15) is 17.9 Å². The van der Waals surface area contributed by atoms with Crippen LogP contribution in [-0.4, -0.2) is 34.4 Å². The average Bonchev–Trinajstić information content (AvgIpc) is 2.93. The number of para-hydroxylation sites is 1. The first kappa shape index (κ1) is 20.1. The standard InChI is InChI=1S/C14H18F2N6O.HI/c1-17-14(19-8-12-20-9-21-22(12)2)18-7-10-5-3-4-6-11(10)23-13(15)16;/h3-6,9,13H,7-8H2,1-2H3,(H2,17,18,19);1H. The second-order valence-corrected chi connectivity index (χ2v) is 4.57. The van der Waals surface area contributed by atoms with Crippen molar-refractivity contribution in [3.05, 3.63) is 42.0 Å². The Morgan fingerprint density at radius 1 is 1.29 bits per heavy atom. The number of hydrogen-bond donors (Lipinski definition) is 2. The van der Waals surface area contributed by atoms with Crippen molar-refractivity contribution in [3.63, 3.8) is 0 Å². The molecule has 2 aromatic rings. The zero-order valence-electron chi connectivity index (χ0n) is 13.2. The van der Waals surface area contributed by atoms with Crippen LogP contribution in [0.5, 0.6) is 5.75 Å². The lowest BCUT2D eigenvalue weighted by Crippen LogP contribution is -2.37. The van der Waals surface area contributed by atoms with Gasteiger partial charge in [0, 0.05) is 26.2 Å². The van der Waals surface area contributed by atoms with Crippen LogP contribution >= 0.6 is 24.0 Å². The molecule has 0 aliphatic heterocycles. The summed E-state index contributed by atoms with van der Waals surface area (Å²) in [6.07, 6.45) is 1.46. The van der Waals surface area contributed by atoms with Gasteiger partial charge in [0.05, 0.1) is 6.54 Å². The molecule has 1 aromatic carbocycles. The van der Waals surface area contributed by atoms with Crippen molar-refractivity contribution < 1.29 is 13.5 Å². The number of guanidine groups is 1. The Morgan fingerprint density at radius 2 is 2.00 bits per heavy atom. The highest BCUT2D eigenvalue weighted by molar-refractivity contribution is 14.0. The van der Waals surface area contributed by atoms with E-state index < -0.39 is 6.61 Å². The zero-order chi connectivity index (χ0) is 16.7. The molecule has 1 heterocycles. The normalized spacial score (nSPS) is 11.1. The molecule has 0 unspecified atom stereocenters. The fourth-order valence-electron chi connectivity index (χ4n) is 1.90. The monoisotopic (exact) mass is 452 g/mol. The lowest BCUT2D eigenvalue weighted by Gasteiger charge is -2.14. The smallest absolute Gasteiger partial charge is 0.387 e. The van der Waals surface area contributed by atoms with Crippen molar-refractivity contribution in [2.75, 3.05) is 7.05 Å². The molecule has 7 nitrogen and oxygen atoms in total. The van der Waals surface area contributed by atoms with E-state index in [1.807, 2.05) is 0 Å². The molecule has 2 N–H and O–H groups in total. The van der Waals surface area contributed by atoms with Gasteiger partial charge in [-0.3, -0.25) is 9.67 Å². The first-order chi connectivity index (χ1) is 11.1. The first-order valence-electron chi connectivity index (χ1n) is 6.90. The van der Waals surface area contributed by atoms with Gasteiger partial charge < -0.3 is 15.4 Å². The number of benzene rings is 1. The SMILES string of the molecule is CN=C(NCc1ccccc1OC(F)F)NCc1ncnn1C.I. The Morgan fingerprint density at radius 3 is 2.62 bits per heavy atom. The van der Waals surface area contributed by atoms with Crippen LogP contribution in [0.25, 0.3) is 0 Å². The van der Waals surface area contributed by atoms with Crippen molar-refractivity contribution in [1.82, 2.24) is 25.4 Å². The average molecular weight is 452 g/mol. The lowest BCUT2D eigenvalue weighted by molar-refractivity contribution is -0.0504. The number of rotatable bonds is 6. The number of hydrogen-bond acceptors (Lipinski definition) is 4. The third-order valence-electron chi connectivity index (χ3n) is 3.08. The van der Waals surface area contributed by atoms with Crippen LogP contribution in [0.1, 0.15) is 11.4 Å². The number of aryl methyl sites for hydroxylation is 1. The summed E-state index contributed by atoms with van der Waals surface area (Å²) in [5, 5.41) is 10.1. The summed E-state index contributed by atoms with van der Waals surface area (Å²) >= 11 is 0. The van der Waals surface area contributed by atoms with E-state index in [1.165, 1.54) is 12.4 Å². The van der Waals surface area contributed by atoms with E-state index in [2.05, 4.69) is 30.4 Å². The van der Waals surface area contributed by atoms with Crippen LogP contribution in [0.15, 0.2) is 35.6 Å². The minimum absolute atomic E-state index is 0. The van der Waals surface area contributed by atoms with Gasteiger partial charge >= 0.3 is 6.61 Å². The third-order valence-corrected chi connectivity index (χ3v) is 3.08. The molecule has 0 spiro atoms. The van der Waals surface area contributed by atoms with Gasteiger partial charge in [0.15, 0.2) is 5.96 Å². The molecule has 0 saturated carbocycles. The van der Waals surface area contributed by atoms with Crippen molar-refractivity contribution in [1.29, 1.82) is 0 Å². The summed E-state index contributed by atoms with van der Waals surface area (Å²) in [6.45, 7) is -2.13. The van der Waals surface area contributed by atoms with Crippen LogP contribution in [0.4, 0.5) is 8.78 Å². The van der Waals surface area contributed by atoms with Crippen molar-refractivity contribution >= 4 is 29.9 Å². The minimum Gasteiger partial charge on any atom is -0.434 e. The Bertz CT molecular complexity index is 664. The summed E-state index contributed by atoms with van der Waals surface area (Å²) in [6, 6.07) is 6.60. The molecule has 1 aromatic heterocycles. The van der Waals surface area contributed by atoms with Crippen molar-refractivity contribution in [2.45, 2.75) is 19.7 Å². The zero-order valence-corrected chi connectivity index (χ0v) is 15.6. The van der Waals surface area contributed by atoms with E-state index in [4.69, 9.17) is 0 Å². The molecule has 0 aliphatic rings. The predicted octanol–water partition coefficient (Wildman–Crippen LogP) is 1.90. The minimum atomic E-state index is -2.86. The summed E-state index contributed by atoms with van der Waals surface area (Å²) in [7, 11) is 3.41. The van der Waals surface area contributed by atoms with Crippen LogP contribution in [0.3, 0.4) is 0 Å². The van der Waals surface area contributed by atoms with Crippen LogP contribution < -0.4 is 15.4 Å². The maximum atomic E-state index is 12.4. The van der Waals surface area contributed by atoms with E-state index >= 15 is 0 Å². The number of nitrogens with one attached hydrogen (secondary N) is 2. The fourth-order valence-corrected chi connectivity index (χ4v) is 1.90. The quantitative estimate of drug-likeness (QED) is 0.398. The molecule has 0 amide bonds. The highest BCUT2D eigenvalue weighted by Crippen LogP contribution is 2.19. The molecule has 2 rings (SSSR count). The number of alkyl halides is 2. The molecule has 24 heavy (non-hydrogen) atoms. The lowest BCUT2D eigenvalue weighted by atomic mass is 10.2. The molecule has 0 aliphatic carbocycles. The van der Waals surface area contributed by atoms with Gasteiger partial charge in [-0.25, -0.2) is 4.98 Å².